The topological polar surface area (TPSA) is 84.0 Å². The van der Waals surface area contributed by atoms with Crippen LogP contribution in [0.15, 0.2) is 30.3 Å². The molecule has 2 aromatic rings. The van der Waals surface area contributed by atoms with Gasteiger partial charge in [0, 0.05) is 10.7 Å². The Labute approximate surface area is 135 Å². The number of hydrogen-bond acceptors (Lipinski definition) is 5. The quantitative estimate of drug-likeness (QED) is 0.842. The normalized spacial score (nSPS) is 11.2. The summed E-state index contributed by atoms with van der Waals surface area (Å²) < 4.78 is 25.7. The van der Waals surface area contributed by atoms with Crippen molar-refractivity contribution < 1.29 is 8.42 Å². The molecule has 1 heterocycles. The van der Waals surface area contributed by atoms with Crippen LogP contribution >= 0.6 is 11.6 Å². The number of nitrogens with zero attached hydrogens (tertiary/aromatic N) is 2. The van der Waals surface area contributed by atoms with Gasteiger partial charge in [-0.05, 0) is 43.2 Å². The zero-order valence-electron chi connectivity index (χ0n) is 12.3. The molecule has 1 aromatic heterocycles. The van der Waals surface area contributed by atoms with Crippen molar-refractivity contribution in [1.82, 2.24) is 10.2 Å². The molecular formula is C14H17ClN4O2S. The fourth-order valence-corrected chi connectivity index (χ4v) is 3.05. The fourth-order valence-electron chi connectivity index (χ4n) is 1.81. The summed E-state index contributed by atoms with van der Waals surface area (Å²) in [7, 11) is -3.36. The van der Waals surface area contributed by atoms with Gasteiger partial charge in [0.1, 0.15) is 0 Å². The second-order valence-electron chi connectivity index (χ2n) is 4.76. The molecule has 2 N–H and O–H groups in total. The SMILES string of the molecule is CCCS(=O)(=O)Nc1ccc(Nc2cccc(Cl)c2C)nn1. The van der Waals surface area contributed by atoms with Gasteiger partial charge in [-0.2, -0.15) is 0 Å². The highest BCUT2D eigenvalue weighted by Gasteiger charge is 2.10. The first-order chi connectivity index (χ1) is 10.4. The van der Waals surface area contributed by atoms with Crippen molar-refractivity contribution in [2.24, 2.45) is 0 Å². The maximum Gasteiger partial charge on any atom is 0.233 e. The molecule has 2 rings (SSSR count). The van der Waals surface area contributed by atoms with Crippen molar-refractivity contribution in [2.45, 2.75) is 20.3 Å². The molecule has 0 atom stereocenters. The Hall–Kier alpha value is -1.86. The molecular weight excluding hydrogens is 324 g/mol. The maximum atomic E-state index is 11.6. The van der Waals surface area contributed by atoms with Crippen LogP contribution in [-0.4, -0.2) is 24.4 Å². The number of halogens is 1. The molecule has 0 bridgehead atoms. The van der Waals surface area contributed by atoms with Gasteiger partial charge in [-0.3, -0.25) is 4.72 Å². The smallest absolute Gasteiger partial charge is 0.233 e. The third-order valence-corrected chi connectivity index (χ3v) is 4.80. The van der Waals surface area contributed by atoms with Gasteiger partial charge in [0.2, 0.25) is 10.0 Å². The number of aromatic nitrogens is 2. The van der Waals surface area contributed by atoms with Crippen LogP contribution in [0, 0.1) is 6.92 Å². The molecule has 0 spiro atoms. The number of sulfonamides is 1. The molecule has 0 aliphatic carbocycles. The molecule has 0 radical (unpaired) electrons. The van der Waals surface area contributed by atoms with Crippen LogP contribution in [0.1, 0.15) is 18.9 Å². The minimum absolute atomic E-state index is 0.0520. The summed E-state index contributed by atoms with van der Waals surface area (Å²) in [6, 6.07) is 8.72. The number of anilines is 3. The first kappa shape index (κ1) is 16.5. The van der Waals surface area contributed by atoms with Gasteiger partial charge < -0.3 is 5.32 Å². The Morgan fingerprint density at radius 1 is 1.14 bits per heavy atom. The summed E-state index contributed by atoms with van der Waals surface area (Å²) >= 11 is 6.05. The van der Waals surface area contributed by atoms with Crippen molar-refractivity contribution in [3.05, 3.63) is 40.9 Å². The van der Waals surface area contributed by atoms with Crippen LogP contribution < -0.4 is 10.0 Å². The third kappa shape index (κ3) is 4.32. The van der Waals surface area contributed by atoms with Crippen LogP contribution in [0.25, 0.3) is 0 Å². The Balaban J connectivity index is 2.11. The predicted molar refractivity (Wildman–Crippen MR) is 89.2 cm³/mol. The standard InChI is InChI=1S/C14H17ClN4O2S/c1-3-9-22(20,21)19-14-8-7-13(17-18-14)16-12-6-4-5-11(15)10(12)2/h4-8H,3,9H2,1-2H3,(H,16,17)(H,18,19). The van der Waals surface area contributed by atoms with E-state index < -0.39 is 10.0 Å². The summed E-state index contributed by atoms with van der Waals surface area (Å²) in [6.45, 7) is 3.69. The second-order valence-corrected chi connectivity index (χ2v) is 7.01. The summed E-state index contributed by atoms with van der Waals surface area (Å²) in [5.41, 5.74) is 1.72. The molecule has 22 heavy (non-hydrogen) atoms. The van der Waals surface area contributed by atoms with E-state index in [-0.39, 0.29) is 11.6 Å². The molecule has 0 unspecified atom stereocenters. The van der Waals surface area contributed by atoms with E-state index in [2.05, 4.69) is 20.2 Å². The van der Waals surface area contributed by atoms with Gasteiger partial charge in [0.05, 0.1) is 5.75 Å². The third-order valence-electron chi connectivity index (χ3n) is 2.93. The predicted octanol–water partition coefficient (Wildman–Crippen LogP) is 3.33. The van der Waals surface area contributed by atoms with Crippen LogP contribution in [0.2, 0.25) is 5.02 Å². The molecule has 0 fully saturated rings. The van der Waals surface area contributed by atoms with Crippen molar-refractivity contribution >= 4 is 38.9 Å². The molecule has 0 saturated heterocycles. The van der Waals surface area contributed by atoms with Gasteiger partial charge in [0.25, 0.3) is 0 Å². The highest BCUT2D eigenvalue weighted by atomic mass is 35.5. The molecule has 0 aliphatic rings. The van der Waals surface area contributed by atoms with Crippen molar-refractivity contribution in [2.75, 3.05) is 15.8 Å². The molecule has 1 aromatic carbocycles. The fraction of sp³-hybridized carbons (Fsp3) is 0.286. The van der Waals surface area contributed by atoms with E-state index >= 15 is 0 Å². The number of benzene rings is 1. The van der Waals surface area contributed by atoms with E-state index in [0.717, 1.165) is 11.3 Å². The maximum absolute atomic E-state index is 11.6. The molecule has 8 heteroatoms. The van der Waals surface area contributed by atoms with E-state index in [1.54, 1.807) is 25.1 Å². The lowest BCUT2D eigenvalue weighted by molar-refractivity contribution is 0.599. The Morgan fingerprint density at radius 2 is 1.82 bits per heavy atom. The van der Waals surface area contributed by atoms with E-state index in [1.165, 1.54) is 0 Å². The number of hydrogen-bond donors (Lipinski definition) is 2. The van der Waals surface area contributed by atoms with Crippen molar-refractivity contribution in [3.63, 3.8) is 0 Å². The van der Waals surface area contributed by atoms with Gasteiger partial charge in [0.15, 0.2) is 11.6 Å². The van der Waals surface area contributed by atoms with Crippen LogP contribution in [0.3, 0.4) is 0 Å². The Morgan fingerprint density at radius 3 is 2.45 bits per heavy atom. The van der Waals surface area contributed by atoms with Crippen molar-refractivity contribution in [3.8, 4) is 0 Å². The van der Waals surface area contributed by atoms with E-state index in [1.807, 2.05) is 19.1 Å². The monoisotopic (exact) mass is 340 g/mol. The van der Waals surface area contributed by atoms with Gasteiger partial charge in [-0.1, -0.05) is 24.6 Å². The van der Waals surface area contributed by atoms with Gasteiger partial charge in [-0.15, -0.1) is 10.2 Å². The van der Waals surface area contributed by atoms with E-state index in [0.29, 0.717) is 17.3 Å². The average Bonchev–Trinajstić information content (AvgIpc) is 2.45. The van der Waals surface area contributed by atoms with E-state index in [9.17, 15) is 8.42 Å². The average molecular weight is 341 g/mol. The lowest BCUT2D eigenvalue weighted by atomic mass is 10.2. The van der Waals surface area contributed by atoms with Crippen LogP contribution in [0.5, 0.6) is 0 Å². The van der Waals surface area contributed by atoms with Crippen LogP contribution in [-0.2, 0) is 10.0 Å². The Bertz CT molecular complexity index is 748. The lowest BCUT2D eigenvalue weighted by Gasteiger charge is -2.10. The molecule has 0 amide bonds. The minimum atomic E-state index is -3.36. The van der Waals surface area contributed by atoms with Crippen LogP contribution in [0.4, 0.5) is 17.3 Å². The van der Waals surface area contributed by atoms with E-state index in [4.69, 9.17) is 11.6 Å². The van der Waals surface area contributed by atoms with Gasteiger partial charge in [-0.25, -0.2) is 8.42 Å². The Kier molecular flexibility index (Phi) is 5.20. The molecule has 0 saturated carbocycles. The summed E-state index contributed by atoms with van der Waals surface area (Å²) in [6.07, 6.45) is 0.538. The first-order valence-electron chi connectivity index (χ1n) is 6.77. The minimum Gasteiger partial charge on any atom is -0.338 e. The molecule has 6 nitrogen and oxygen atoms in total. The second kappa shape index (κ2) is 6.93. The molecule has 118 valence electrons. The highest BCUT2D eigenvalue weighted by Crippen LogP contribution is 2.25. The van der Waals surface area contributed by atoms with Crippen molar-refractivity contribution in [1.29, 1.82) is 0 Å². The first-order valence-corrected chi connectivity index (χ1v) is 8.80. The largest absolute Gasteiger partial charge is 0.338 e. The summed E-state index contributed by atoms with van der Waals surface area (Å²) in [5, 5.41) is 11.6. The number of rotatable bonds is 6. The summed E-state index contributed by atoms with van der Waals surface area (Å²) in [5.74, 6) is 0.752. The zero-order valence-corrected chi connectivity index (χ0v) is 13.9. The highest BCUT2D eigenvalue weighted by molar-refractivity contribution is 7.92. The molecule has 0 aliphatic heterocycles. The lowest BCUT2D eigenvalue weighted by Crippen LogP contribution is -2.17. The van der Waals surface area contributed by atoms with Gasteiger partial charge >= 0.3 is 0 Å². The summed E-state index contributed by atoms with van der Waals surface area (Å²) in [4.78, 5) is 0. The number of nitrogens with one attached hydrogen (secondary N) is 2. The zero-order chi connectivity index (χ0) is 16.2.